The molecule has 2 aromatic rings. The van der Waals surface area contributed by atoms with Crippen LogP contribution in [-0.4, -0.2) is 8.42 Å². The first-order valence-corrected chi connectivity index (χ1v) is 7.81. The van der Waals surface area contributed by atoms with Crippen molar-refractivity contribution >= 4 is 9.84 Å². The maximum atomic E-state index is 12.9. The molecule has 0 heterocycles. The van der Waals surface area contributed by atoms with E-state index in [1.54, 1.807) is 12.1 Å². The standard InChI is InChI=1S/C16H17FO2S/c1-16(2,3)12-4-8-14(9-5-12)20(18,19)15-10-6-13(17)7-11-15/h4-11H,1-3H3. The lowest BCUT2D eigenvalue weighted by Crippen LogP contribution is -2.11. The van der Waals surface area contributed by atoms with E-state index in [-0.39, 0.29) is 15.2 Å². The zero-order chi connectivity index (χ0) is 15.0. The van der Waals surface area contributed by atoms with Gasteiger partial charge in [0.25, 0.3) is 0 Å². The largest absolute Gasteiger partial charge is 0.219 e. The van der Waals surface area contributed by atoms with Crippen molar-refractivity contribution in [2.45, 2.75) is 36.0 Å². The summed E-state index contributed by atoms with van der Waals surface area (Å²) in [6, 6.07) is 11.7. The fraction of sp³-hybridized carbons (Fsp3) is 0.250. The average molecular weight is 292 g/mol. The first-order chi connectivity index (χ1) is 9.21. The summed E-state index contributed by atoms with van der Waals surface area (Å²) in [6.07, 6.45) is 0. The highest BCUT2D eigenvalue weighted by Crippen LogP contribution is 2.26. The van der Waals surface area contributed by atoms with Crippen LogP contribution in [0.25, 0.3) is 0 Å². The van der Waals surface area contributed by atoms with Gasteiger partial charge in [0.1, 0.15) is 5.82 Å². The summed E-state index contributed by atoms with van der Waals surface area (Å²) in [5.74, 6) is -0.452. The molecule has 2 nitrogen and oxygen atoms in total. The SMILES string of the molecule is CC(C)(C)c1ccc(S(=O)(=O)c2ccc(F)cc2)cc1. The average Bonchev–Trinajstić information content (AvgIpc) is 2.38. The third-order valence-corrected chi connectivity index (χ3v) is 4.94. The van der Waals surface area contributed by atoms with E-state index in [1.165, 1.54) is 12.1 Å². The second-order valence-corrected chi connectivity index (χ2v) is 7.68. The Hall–Kier alpha value is -1.68. The summed E-state index contributed by atoms with van der Waals surface area (Å²) in [6.45, 7) is 6.20. The van der Waals surface area contributed by atoms with Gasteiger partial charge in [0.05, 0.1) is 9.79 Å². The minimum Gasteiger partial charge on any atom is -0.219 e. The molecule has 0 aliphatic carbocycles. The first-order valence-electron chi connectivity index (χ1n) is 6.32. The van der Waals surface area contributed by atoms with Gasteiger partial charge in [0.2, 0.25) is 9.84 Å². The molecular weight excluding hydrogens is 275 g/mol. The molecule has 0 bridgehead atoms. The maximum Gasteiger partial charge on any atom is 0.206 e. The maximum absolute atomic E-state index is 12.9. The van der Waals surface area contributed by atoms with Crippen molar-refractivity contribution in [2.75, 3.05) is 0 Å². The highest BCUT2D eigenvalue weighted by molar-refractivity contribution is 7.91. The molecule has 0 amide bonds. The number of hydrogen-bond acceptors (Lipinski definition) is 2. The molecule has 20 heavy (non-hydrogen) atoms. The van der Waals surface area contributed by atoms with Crippen LogP contribution in [0.5, 0.6) is 0 Å². The quantitative estimate of drug-likeness (QED) is 0.785. The van der Waals surface area contributed by atoms with E-state index in [1.807, 2.05) is 12.1 Å². The highest BCUT2D eigenvalue weighted by atomic mass is 32.2. The van der Waals surface area contributed by atoms with Gasteiger partial charge in [-0.25, -0.2) is 12.8 Å². The fourth-order valence-electron chi connectivity index (χ4n) is 1.88. The lowest BCUT2D eigenvalue weighted by atomic mass is 9.87. The predicted molar refractivity (Wildman–Crippen MR) is 77.0 cm³/mol. The number of halogens is 1. The van der Waals surface area contributed by atoms with Gasteiger partial charge in [-0.2, -0.15) is 0 Å². The molecule has 0 saturated heterocycles. The van der Waals surface area contributed by atoms with Gasteiger partial charge in [0.15, 0.2) is 0 Å². The zero-order valence-electron chi connectivity index (χ0n) is 11.7. The van der Waals surface area contributed by atoms with Crippen LogP contribution in [0.15, 0.2) is 58.3 Å². The Morgan fingerprint density at radius 3 is 1.60 bits per heavy atom. The van der Waals surface area contributed by atoms with Crippen LogP contribution < -0.4 is 0 Å². The molecule has 0 unspecified atom stereocenters. The second-order valence-electron chi connectivity index (χ2n) is 5.73. The summed E-state index contributed by atoms with van der Waals surface area (Å²) in [4.78, 5) is 0.319. The van der Waals surface area contributed by atoms with E-state index in [0.717, 1.165) is 17.7 Å². The van der Waals surface area contributed by atoms with Crippen LogP contribution in [0.4, 0.5) is 4.39 Å². The highest BCUT2D eigenvalue weighted by Gasteiger charge is 2.19. The molecule has 2 aromatic carbocycles. The molecule has 0 aliphatic heterocycles. The van der Waals surface area contributed by atoms with Crippen molar-refractivity contribution in [1.82, 2.24) is 0 Å². The molecular formula is C16H17FO2S. The smallest absolute Gasteiger partial charge is 0.206 e. The number of hydrogen-bond donors (Lipinski definition) is 0. The molecule has 106 valence electrons. The third-order valence-electron chi connectivity index (χ3n) is 3.15. The summed E-state index contributed by atoms with van der Waals surface area (Å²) in [5.41, 5.74) is 1.04. The second kappa shape index (κ2) is 5.02. The van der Waals surface area contributed by atoms with Gasteiger partial charge in [-0.05, 0) is 47.4 Å². The van der Waals surface area contributed by atoms with E-state index in [4.69, 9.17) is 0 Å². The summed E-state index contributed by atoms with van der Waals surface area (Å²) >= 11 is 0. The Labute approximate surface area is 119 Å². The molecule has 4 heteroatoms. The Balaban J connectivity index is 2.42. The summed E-state index contributed by atoms with van der Waals surface area (Å²) in [5, 5.41) is 0. The Morgan fingerprint density at radius 1 is 0.800 bits per heavy atom. The Morgan fingerprint density at radius 2 is 1.20 bits per heavy atom. The van der Waals surface area contributed by atoms with Gasteiger partial charge in [-0.3, -0.25) is 0 Å². The van der Waals surface area contributed by atoms with Crippen LogP contribution in [0.1, 0.15) is 26.3 Å². The van der Waals surface area contributed by atoms with Crippen LogP contribution in [0.2, 0.25) is 0 Å². The van der Waals surface area contributed by atoms with E-state index in [2.05, 4.69) is 20.8 Å². The molecule has 2 rings (SSSR count). The molecule has 0 atom stereocenters. The van der Waals surface area contributed by atoms with Crippen molar-refractivity contribution in [2.24, 2.45) is 0 Å². The topological polar surface area (TPSA) is 34.1 Å². The Bertz CT molecular complexity index is 694. The Kier molecular flexibility index (Phi) is 3.69. The van der Waals surface area contributed by atoms with E-state index in [0.29, 0.717) is 0 Å². The van der Waals surface area contributed by atoms with Crippen molar-refractivity contribution in [3.05, 3.63) is 59.9 Å². The van der Waals surface area contributed by atoms with E-state index < -0.39 is 15.7 Å². The van der Waals surface area contributed by atoms with Gasteiger partial charge in [-0.15, -0.1) is 0 Å². The van der Waals surface area contributed by atoms with Crippen molar-refractivity contribution < 1.29 is 12.8 Å². The normalized spacial score (nSPS) is 12.4. The van der Waals surface area contributed by atoms with Crippen molar-refractivity contribution in [1.29, 1.82) is 0 Å². The molecule has 0 radical (unpaired) electrons. The first kappa shape index (κ1) is 14.7. The lowest BCUT2D eigenvalue weighted by Gasteiger charge is -2.19. The van der Waals surface area contributed by atoms with Crippen LogP contribution in [-0.2, 0) is 15.3 Å². The van der Waals surface area contributed by atoms with Crippen LogP contribution >= 0.6 is 0 Å². The lowest BCUT2D eigenvalue weighted by molar-refractivity contribution is 0.586. The minimum absolute atomic E-state index is 0.0296. The van der Waals surface area contributed by atoms with Crippen LogP contribution in [0.3, 0.4) is 0 Å². The molecule has 0 saturated carbocycles. The van der Waals surface area contributed by atoms with Gasteiger partial charge in [0, 0.05) is 0 Å². The van der Waals surface area contributed by atoms with Crippen LogP contribution in [0, 0.1) is 5.82 Å². The summed E-state index contributed by atoms with van der Waals surface area (Å²) < 4.78 is 37.6. The fourth-order valence-corrected chi connectivity index (χ4v) is 3.14. The minimum atomic E-state index is -3.58. The van der Waals surface area contributed by atoms with E-state index in [9.17, 15) is 12.8 Å². The van der Waals surface area contributed by atoms with Gasteiger partial charge in [-0.1, -0.05) is 32.9 Å². The summed E-state index contributed by atoms with van der Waals surface area (Å²) in [7, 11) is -3.58. The third kappa shape index (κ3) is 2.90. The number of sulfone groups is 1. The van der Waals surface area contributed by atoms with Crippen molar-refractivity contribution in [3.8, 4) is 0 Å². The van der Waals surface area contributed by atoms with E-state index >= 15 is 0 Å². The predicted octanol–water partition coefficient (Wildman–Crippen LogP) is 3.96. The van der Waals surface area contributed by atoms with Gasteiger partial charge < -0.3 is 0 Å². The number of rotatable bonds is 2. The number of benzene rings is 2. The molecule has 0 fully saturated rings. The zero-order valence-corrected chi connectivity index (χ0v) is 12.5. The van der Waals surface area contributed by atoms with Gasteiger partial charge >= 0.3 is 0 Å². The molecule has 0 N–H and O–H groups in total. The monoisotopic (exact) mass is 292 g/mol. The molecule has 0 spiro atoms. The molecule has 0 aromatic heterocycles. The molecule has 0 aliphatic rings. The van der Waals surface area contributed by atoms with Crippen molar-refractivity contribution in [3.63, 3.8) is 0 Å².